The lowest BCUT2D eigenvalue weighted by molar-refractivity contribution is -0.384. The number of aliphatic hydroxyl groups excluding tert-OH is 1. The molecule has 0 unspecified atom stereocenters. The Hall–Kier alpha value is -3.63. The topological polar surface area (TPSA) is 152 Å². The van der Waals surface area contributed by atoms with Crippen molar-refractivity contribution < 1.29 is 10.0 Å². The number of pyridine rings is 1. The predicted molar refractivity (Wildman–Crippen MR) is 139 cm³/mol. The Morgan fingerprint density at radius 1 is 1.14 bits per heavy atom. The molecule has 4 rings (SSSR count). The fraction of sp³-hybridized carbons (Fsp3) is 0.423. The molecule has 36 heavy (non-hydrogen) atoms. The van der Waals surface area contributed by atoms with E-state index >= 15 is 0 Å². The highest BCUT2D eigenvalue weighted by atomic mass is 16.6. The van der Waals surface area contributed by atoms with Crippen LogP contribution in [0.2, 0.25) is 0 Å². The Kier molecular flexibility index (Phi) is 8.40. The van der Waals surface area contributed by atoms with Crippen molar-refractivity contribution in [1.29, 1.82) is 0 Å². The van der Waals surface area contributed by atoms with Crippen molar-refractivity contribution in [2.75, 3.05) is 23.8 Å². The summed E-state index contributed by atoms with van der Waals surface area (Å²) < 4.78 is 0. The molecule has 0 aliphatic heterocycles. The van der Waals surface area contributed by atoms with Crippen LogP contribution in [0.1, 0.15) is 42.4 Å². The first-order valence-electron chi connectivity index (χ1n) is 12.3. The summed E-state index contributed by atoms with van der Waals surface area (Å²) in [6, 6.07) is 8.11. The fourth-order valence-electron chi connectivity index (χ4n) is 4.69. The molecule has 0 amide bonds. The largest absolute Gasteiger partial charge is 0.396 e. The van der Waals surface area contributed by atoms with Crippen LogP contribution in [0.25, 0.3) is 11.1 Å². The second-order valence-electron chi connectivity index (χ2n) is 9.36. The Morgan fingerprint density at radius 3 is 2.64 bits per heavy atom. The molecule has 2 aromatic heterocycles. The van der Waals surface area contributed by atoms with E-state index in [2.05, 4.69) is 38.6 Å². The smallest absolute Gasteiger partial charge is 0.329 e. The van der Waals surface area contributed by atoms with Crippen LogP contribution in [-0.2, 0) is 13.1 Å². The van der Waals surface area contributed by atoms with E-state index in [-0.39, 0.29) is 18.1 Å². The highest BCUT2D eigenvalue weighted by Crippen LogP contribution is 2.30. The van der Waals surface area contributed by atoms with Crippen LogP contribution in [0.3, 0.4) is 0 Å². The van der Waals surface area contributed by atoms with E-state index in [0.29, 0.717) is 37.4 Å². The fourth-order valence-corrected chi connectivity index (χ4v) is 4.69. The number of nitrogens with one attached hydrogen (secondary N) is 2. The van der Waals surface area contributed by atoms with Crippen LogP contribution >= 0.6 is 0 Å². The van der Waals surface area contributed by atoms with E-state index in [0.717, 1.165) is 53.5 Å². The summed E-state index contributed by atoms with van der Waals surface area (Å²) in [5.74, 6) is 1.31. The van der Waals surface area contributed by atoms with Crippen LogP contribution in [0.4, 0.5) is 17.5 Å². The summed E-state index contributed by atoms with van der Waals surface area (Å²) in [5, 5.41) is 27.3. The maximum absolute atomic E-state index is 11.5. The number of benzene rings is 1. The van der Waals surface area contributed by atoms with E-state index in [9.17, 15) is 15.2 Å². The molecule has 0 atom stereocenters. The lowest BCUT2D eigenvalue weighted by Crippen LogP contribution is -2.23. The van der Waals surface area contributed by atoms with Gasteiger partial charge in [-0.2, -0.15) is 4.98 Å². The van der Waals surface area contributed by atoms with Crippen molar-refractivity contribution in [2.45, 2.75) is 45.7 Å². The van der Waals surface area contributed by atoms with Gasteiger partial charge in [-0.25, -0.2) is 4.98 Å². The third-order valence-electron chi connectivity index (χ3n) is 6.97. The molecule has 0 radical (unpaired) electrons. The quantitative estimate of drug-likeness (QED) is 0.243. The molecule has 10 nitrogen and oxygen atoms in total. The molecule has 5 N–H and O–H groups in total. The zero-order chi connectivity index (χ0) is 25.5. The summed E-state index contributed by atoms with van der Waals surface area (Å²) in [6.45, 7) is 3.78. The van der Waals surface area contributed by atoms with Crippen molar-refractivity contribution in [3.8, 4) is 11.1 Å². The molecule has 1 fully saturated rings. The van der Waals surface area contributed by atoms with E-state index in [1.807, 2.05) is 24.4 Å². The second kappa shape index (κ2) is 11.9. The zero-order valence-electron chi connectivity index (χ0n) is 20.5. The summed E-state index contributed by atoms with van der Waals surface area (Å²) in [4.78, 5) is 24.0. The number of rotatable bonds is 10. The highest BCUT2D eigenvalue weighted by Gasteiger charge is 2.23. The minimum atomic E-state index is -0.466. The van der Waals surface area contributed by atoms with Gasteiger partial charge < -0.3 is 21.5 Å². The maximum atomic E-state index is 11.5. The van der Waals surface area contributed by atoms with Gasteiger partial charge in [0.25, 0.3) is 0 Å². The maximum Gasteiger partial charge on any atom is 0.329 e. The molecule has 0 spiro atoms. The van der Waals surface area contributed by atoms with Gasteiger partial charge in [0, 0.05) is 44.2 Å². The molecule has 1 saturated carbocycles. The average molecular weight is 492 g/mol. The van der Waals surface area contributed by atoms with Gasteiger partial charge in [-0.05, 0) is 72.8 Å². The SMILES string of the molecule is Cc1c(CNc2ncc([N+](=O)[O-])c(NC[C@H]3CC[C@H](CO)CC3)n2)cccc1-c1cncc(CN)c1. The lowest BCUT2D eigenvalue weighted by atomic mass is 9.82. The number of aliphatic hydroxyl groups is 1. The molecule has 1 aliphatic carbocycles. The van der Waals surface area contributed by atoms with E-state index in [4.69, 9.17) is 5.73 Å². The van der Waals surface area contributed by atoms with Crippen LogP contribution in [0, 0.1) is 28.9 Å². The number of hydrogen-bond acceptors (Lipinski definition) is 9. The Bertz CT molecular complexity index is 1200. The summed E-state index contributed by atoms with van der Waals surface area (Å²) in [6.07, 6.45) is 8.77. The lowest BCUT2D eigenvalue weighted by Gasteiger charge is -2.27. The van der Waals surface area contributed by atoms with Gasteiger partial charge in [0.1, 0.15) is 6.20 Å². The van der Waals surface area contributed by atoms with Gasteiger partial charge >= 0.3 is 5.69 Å². The first kappa shape index (κ1) is 25.5. The molecule has 1 aliphatic rings. The molecule has 10 heteroatoms. The monoisotopic (exact) mass is 491 g/mol. The molecule has 2 heterocycles. The Balaban J connectivity index is 1.45. The van der Waals surface area contributed by atoms with Crippen LogP contribution in [-0.4, -0.2) is 38.1 Å². The van der Waals surface area contributed by atoms with E-state index in [1.165, 1.54) is 6.20 Å². The van der Waals surface area contributed by atoms with Gasteiger partial charge in [0.2, 0.25) is 11.8 Å². The normalized spacial score (nSPS) is 17.5. The molecule has 3 aromatic rings. The van der Waals surface area contributed by atoms with E-state index in [1.54, 1.807) is 6.20 Å². The average Bonchev–Trinajstić information content (AvgIpc) is 2.91. The zero-order valence-corrected chi connectivity index (χ0v) is 20.5. The molecule has 0 bridgehead atoms. The highest BCUT2D eigenvalue weighted by molar-refractivity contribution is 5.68. The third kappa shape index (κ3) is 6.13. The Morgan fingerprint density at radius 2 is 1.92 bits per heavy atom. The third-order valence-corrected chi connectivity index (χ3v) is 6.97. The van der Waals surface area contributed by atoms with Crippen molar-refractivity contribution in [1.82, 2.24) is 15.0 Å². The first-order valence-corrected chi connectivity index (χ1v) is 12.3. The van der Waals surface area contributed by atoms with Gasteiger partial charge in [-0.15, -0.1) is 0 Å². The standard InChI is InChI=1S/C26H33N7O3/c1-17-21(3-2-4-23(17)22-9-20(10-27)11-28-13-22)14-30-26-31-15-24(33(35)36)25(32-26)29-12-18-5-7-19(16-34)8-6-18/h2-4,9,11,13,15,18-19,34H,5-8,10,12,14,16,27H2,1H3,(H2,29,30,31,32)/t18-,19-. The first-order chi connectivity index (χ1) is 17.5. The van der Waals surface area contributed by atoms with Crippen LogP contribution in [0.15, 0.2) is 42.9 Å². The summed E-state index contributed by atoms with van der Waals surface area (Å²) >= 11 is 0. The van der Waals surface area contributed by atoms with Crippen molar-refractivity contribution in [3.63, 3.8) is 0 Å². The van der Waals surface area contributed by atoms with Crippen molar-refractivity contribution in [2.24, 2.45) is 17.6 Å². The predicted octanol–water partition coefficient (Wildman–Crippen LogP) is 4.04. The second-order valence-corrected chi connectivity index (χ2v) is 9.36. The number of aromatic nitrogens is 3. The van der Waals surface area contributed by atoms with E-state index < -0.39 is 4.92 Å². The summed E-state index contributed by atoms with van der Waals surface area (Å²) in [5.41, 5.74) is 10.8. The van der Waals surface area contributed by atoms with Crippen molar-refractivity contribution >= 4 is 17.5 Å². The minimum Gasteiger partial charge on any atom is -0.396 e. The molecule has 0 saturated heterocycles. The molecule has 190 valence electrons. The number of nitro groups is 1. The molecule has 1 aromatic carbocycles. The van der Waals surface area contributed by atoms with Crippen molar-refractivity contribution in [3.05, 3.63) is 69.7 Å². The number of hydrogen-bond donors (Lipinski definition) is 4. The minimum absolute atomic E-state index is 0.143. The Labute approximate surface area is 210 Å². The number of nitrogens with two attached hydrogens (primary N) is 1. The van der Waals surface area contributed by atoms with Gasteiger partial charge in [0.05, 0.1) is 4.92 Å². The number of anilines is 2. The molecular formula is C26H33N7O3. The number of nitrogens with zero attached hydrogens (tertiary/aromatic N) is 4. The van der Waals surface area contributed by atoms with Gasteiger partial charge in [-0.1, -0.05) is 18.2 Å². The van der Waals surface area contributed by atoms with Gasteiger partial charge in [0.15, 0.2) is 0 Å². The summed E-state index contributed by atoms with van der Waals surface area (Å²) in [7, 11) is 0. The van der Waals surface area contributed by atoms with Crippen LogP contribution < -0.4 is 16.4 Å². The van der Waals surface area contributed by atoms with Gasteiger partial charge in [-0.3, -0.25) is 15.1 Å². The van der Waals surface area contributed by atoms with Crippen LogP contribution in [0.5, 0.6) is 0 Å². The molecular weight excluding hydrogens is 458 g/mol.